The molecule has 0 bridgehead atoms. The Morgan fingerprint density at radius 2 is 1.68 bits per heavy atom. The van der Waals surface area contributed by atoms with Gasteiger partial charge in [0.2, 0.25) is 0 Å². The Morgan fingerprint density at radius 1 is 1.11 bits per heavy atom. The second kappa shape index (κ2) is 4.07. The molecule has 0 amide bonds. The van der Waals surface area contributed by atoms with Gasteiger partial charge in [-0.25, -0.2) is 0 Å². The summed E-state index contributed by atoms with van der Waals surface area (Å²) in [4.78, 5) is 0. The highest BCUT2D eigenvalue weighted by Gasteiger charge is 2.61. The maximum atomic E-state index is 11.5. The standard InChI is InChI=1S/C17H25NO/c1-15(2)8-5-9-17(15,19)16(12-18)10-13-6-3-4-7-14(13)11-16/h3-4,6-7,19H,5,8-12,18H2,1-2H3. The van der Waals surface area contributed by atoms with E-state index in [9.17, 15) is 5.11 Å². The van der Waals surface area contributed by atoms with Crippen LogP contribution >= 0.6 is 0 Å². The van der Waals surface area contributed by atoms with Gasteiger partial charge in [-0.2, -0.15) is 0 Å². The molecule has 1 aromatic carbocycles. The quantitative estimate of drug-likeness (QED) is 0.857. The van der Waals surface area contributed by atoms with E-state index in [0.29, 0.717) is 6.54 Å². The first-order chi connectivity index (χ1) is 8.94. The minimum atomic E-state index is -0.631. The van der Waals surface area contributed by atoms with Gasteiger partial charge in [0.25, 0.3) is 0 Å². The predicted molar refractivity (Wildman–Crippen MR) is 77.9 cm³/mol. The minimum Gasteiger partial charge on any atom is -0.389 e. The van der Waals surface area contributed by atoms with Gasteiger partial charge < -0.3 is 10.8 Å². The lowest BCUT2D eigenvalue weighted by Crippen LogP contribution is -2.58. The van der Waals surface area contributed by atoms with E-state index in [1.807, 2.05) is 0 Å². The second-order valence-electron chi connectivity index (χ2n) is 7.20. The van der Waals surface area contributed by atoms with Gasteiger partial charge >= 0.3 is 0 Å². The molecule has 104 valence electrons. The minimum absolute atomic E-state index is 0.0333. The number of aliphatic hydroxyl groups is 1. The molecule has 1 unspecified atom stereocenters. The van der Waals surface area contributed by atoms with Crippen LogP contribution in [0.15, 0.2) is 24.3 Å². The van der Waals surface area contributed by atoms with Crippen molar-refractivity contribution in [3.8, 4) is 0 Å². The van der Waals surface area contributed by atoms with Gasteiger partial charge in [-0.15, -0.1) is 0 Å². The molecular weight excluding hydrogens is 234 g/mol. The van der Waals surface area contributed by atoms with Crippen LogP contribution in [0.25, 0.3) is 0 Å². The Labute approximate surface area is 116 Å². The number of benzene rings is 1. The summed E-state index contributed by atoms with van der Waals surface area (Å²) in [6.07, 6.45) is 4.97. The van der Waals surface area contributed by atoms with Gasteiger partial charge in [-0.1, -0.05) is 38.1 Å². The Kier molecular flexibility index (Phi) is 2.81. The topological polar surface area (TPSA) is 46.2 Å². The van der Waals surface area contributed by atoms with Crippen LogP contribution in [0, 0.1) is 10.8 Å². The molecule has 3 N–H and O–H groups in total. The predicted octanol–water partition coefficient (Wildman–Crippen LogP) is 2.67. The highest BCUT2D eigenvalue weighted by Crippen LogP contribution is 2.58. The van der Waals surface area contributed by atoms with E-state index in [1.54, 1.807) is 0 Å². The summed E-state index contributed by atoms with van der Waals surface area (Å²) in [6.45, 7) is 4.99. The maximum Gasteiger partial charge on any atom is 0.0772 e. The lowest BCUT2D eigenvalue weighted by molar-refractivity contribution is -0.138. The summed E-state index contributed by atoms with van der Waals surface area (Å²) < 4.78 is 0. The van der Waals surface area contributed by atoms with Gasteiger partial charge in [0, 0.05) is 12.0 Å². The lowest BCUT2D eigenvalue weighted by Gasteiger charge is -2.50. The molecule has 0 radical (unpaired) electrons. The van der Waals surface area contributed by atoms with Crippen LogP contribution in [0.2, 0.25) is 0 Å². The van der Waals surface area contributed by atoms with Crippen LogP contribution in [-0.4, -0.2) is 17.3 Å². The molecule has 0 aliphatic heterocycles. The first-order valence-corrected chi connectivity index (χ1v) is 7.43. The van der Waals surface area contributed by atoms with E-state index in [1.165, 1.54) is 11.1 Å². The lowest BCUT2D eigenvalue weighted by atomic mass is 9.59. The molecule has 2 nitrogen and oxygen atoms in total. The first-order valence-electron chi connectivity index (χ1n) is 7.43. The third-order valence-corrected chi connectivity index (χ3v) is 5.90. The fraction of sp³-hybridized carbons (Fsp3) is 0.647. The van der Waals surface area contributed by atoms with Gasteiger partial charge in [-0.05, 0) is 48.6 Å². The molecule has 2 heteroatoms. The third-order valence-electron chi connectivity index (χ3n) is 5.90. The molecule has 2 aliphatic carbocycles. The van der Waals surface area contributed by atoms with E-state index >= 15 is 0 Å². The van der Waals surface area contributed by atoms with Gasteiger partial charge in [0.05, 0.1) is 5.60 Å². The van der Waals surface area contributed by atoms with E-state index in [4.69, 9.17) is 5.73 Å². The van der Waals surface area contributed by atoms with E-state index in [0.717, 1.165) is 32.1 Å². The number of hydrogen-bond acceptors (Lipinski definition) is 2. The van der Waals surface area contributed by atoms with Crippen LogP contribution in [0.4, 0.5) is 0 Å². The van der Waals surface area contributed by atoms with Crippen molar-refractivity contribution in [2.75, 3.05) is 6.54 Å². The first kappa shape index (κ1) is 13.1. The average Bonchev–Trinajstić information content (AvgIpc) is 2.89. The van der Waals surface area contributed by atoms with Gasteiger partial charge in [0.1, 0.15) is 0 Å². The zero-order valence-electron chi connectivity index (χ0n) is 12.1. The molecular formula is C17H25NO. The highest BCUT2D eigenvalue weighted by atomic mass is 16.3. The fourth-order valence-electron chi connectivity index (χ4n) is 4.61. The summed E-state index contributed by atoms with van der Waals surface area (Å²) in [7, 11) is 0. The Morgan fingerprint density at radius 3 is 2.11 bits per heavy atom. The van der Waals surface area contributed by atoms with Crippen molar-refractivity contribution >= 4 is 0 Å². The van der Waals surface area contributed by atoms with E-state index in [-0.39, 0.29) is 10.8 Å². The summed E-state index contributed by atoms with van der Waals surface area (Å²) in [5.41, 5.74) is 8.10. The van der Waals surface area contributed by atoms with Crippen molar-refractivity contribution in [1.29, 1.82) is 0 Å². The van der Waals surface area contributed by atoms with Crippen molar-refractivity contribution < 1.29 is 5.11 Å². The average molecular weight is 259 g/mol. The van der Waals surface area contributed by atoms with Crippen LogP contribution in [0.3, 0.4) is 0 Å². The van der Waals surface area contributed by atoms with Gasteiger partial charge in [0.15, 0.2) is 0 Å². The molecule has 1 aromatic rings. The number of fused-ring (bicyclic) bond motifs is 1. The third kappa shape index (κ3) is 1.63. The summed E-state index contributed by atoms with van der Waals surface area (Å²) in [5, 5.41) is 11.5. The SMILES string of the molecule is CC1(C)CCCC1(O)C1(CN)Cc2ccccc2C1. The molecule has 0 saturated heterocycles. The summed E-state index contributed by atoms with van der Waals surface area (Å²) in [5.74, 6) is 0. The van der Waals surface area contributed by atoms with E-state index in [2.05, 4.69) is 38.1 Å². The monoisotopic (exact) mass is 259 g/mol. The Hall–Kier alpha value is -0.860. The van der Waals surface area contributed by atoms with Crippen molar-refractivity contribution in [2.24, 2.45) is 16.6 Å². The van der Waals surface area contributed by atoms with Crippen molar-refractivity contribution in [2.45, 2.75) is 51.6 Å². The smallest absolute Gasteiger partial charge is 0.0772 e. The molecule has 1 fully saturated rings. The zero-order valence-corrected chi connectivity index (χ0v) is 12.1. The zero-order chi connectivity index (χ0) is 13.7. The summed E-state index contributed by atoms with van der Waals surface area (Å²) >= 11 is 0. The molecule has 0 heterocycles. The molecule has 1 atom stereocenters. The van der Waals surface area contributed by atoms with Crippen LogP contribution < -0.4 is 5.73 Å². The number of rotatable bonds is 2. The van der Waals surface area contributed by atoms with Crippen LogP contribution in [-0.2, 0) is 12.8 Å². The molecule has 0 aromatic heterocycles. The normalized spacial score (nSPS) is 31.4. The number of hydrogen-bond donors (Lipinski definition) is 2. The number of nitrogens with two attached hydrogens (primary N) is 1. The molecule has 1 saturated carbocycles. The van der Waals surface area contributed by atoms with Gasteiger partial charge in [-0.3, -0.25) is 0 Å². The Balaban J connectivity index is 2.04. The van der Waals surface area contributed by atoms with Crippen LogP contribution in [0.5, 0.6) is 0 Å². The molecule has 0 spiro atoms. The van der Waals surface area contributed by atoms with E-state index < -0.39 is 5.60 Å². The fourth-order valence-corrected chi connectivity index (χ4v) is 4.61. The van der Waals surface area contributed by atoms with Crippen molar-refractivity contribution in [3.05, 3.63) is 35.4 Å². The Bertz CT molecular complexity index is 469. The summed E-state index contributed by atoms with van der Waals surface area (Å²) in [6, 6.07) is 8.57. The molecule has 3 rings (SSSR count). The largest absolute Gasteiger partial charge is 0.389 e. The van der Waals surface area contributed by atoms with Crippen molar-refractivity contribution in [1.82, 2.24) is 0 Å². The molecule has 19 heavy (non-hydrogen) atoms. The molecule has 2 aliphatic rings. The maximum absolute atomic E-state index is 11.5. The van der Waals surface area contributed by atoms with Crippen molar-refractivity contribution in [3.63, 3.8) is 0 Å². The highest BCUT2D eigenvalue weighted by molar-refractivity contribution is 5.37. The second-order valence-corrected chi connectivity index (χ2v) is 7.20. The van der Waals surface area contributed by atoms with Crippen LogP contribution in [0.1, 0.15) is 44.2 Å².